The lowest BCUT2D eigenvalue weighted by Crippen LogP contribution is -2.06. The predicted octanol–water partition coefficient (Wildman–Crippen LogP) is 4.72. The lowest BCUT2D eigenvalue weighted by molar-refractivity contribution is 0.140. The molecular weight excluding hydrogens is 256 g/mol. The highest BCUT2D eigenvalue weighted by atomic mass is 16.5. The zero-order chi connectivity index (χ0) is 15.2. The minimum Gasteiger partial charge on any atom is -0.381 e. The summed E-state index contributed by atoms with van der Waals surface area (Å²) in [7, 11) is 0. The highest BCUT2D eigenvalue weighted by Gasteiger charge is 2.04. The SMILES string of the molecule is Cc1cccc(C)c1CCOCCc1c(C)cccc1C. The quantitative estimate of drug-likeness (QED) is 0.696. The van der Waals surface area contributed by atoms with Crippen LogP contribution in [0.15, 0.2) is 36.4 Å². The van der Waals surface area contributed by atoms with Gasteiger partial charge < -0.3 is 4.74 Å². The van der Waals surface area contributed by atoms with Gasteiger partial charge in [-0.2, -0.15) is 0 Å². The first-order chi connectivity index (χ1) is 10.1. The number of hydrogen-bond acceptors (Lipinski definition) is 1. The van der Waals surface area contributed by atoms with Crippen LogP contribution in [0.2, 0.25) is 0 Å². The van der Waals surface area contributed by atoms with Crippen LogP contribution in [0, 0.1) is 27.7 Å². The van der Waals surface area contributed by atoms with Gasteiger partial charge in [0.25, 0.3) is 0 Å². The first-order valence-corrected chi connectivity index (χ1v) is 7.77. The van der Waals surface area contributed by atoms with Gasteiger partial charge in [0.2, 0.25) is 0 Å². The Morgan fingerprint density at radius 3 is 1.29 bits per heavy atom. The second-order valence-electron chi connectivity index (χ2n) is 5.85. The molecular formula is C20H26O. The van der Waals surface area contributed by atoms with E-state index in [1.807, 2.05) is 0 Å². The van der Waals surface area contributed by atoms with Crippen molar-refractivity contribution in [2.75, 3.05) is 13.2 Å². The van der Waals surface area contributed by atoms with Gasteiger partial charge in [0.15, 0.2) is 0 Å². The van der Waals surface area contributed by atoms with Gasteiger partial charge in [-0.1, -0.05) is 36.4 Å². The molecule has 1 nitrogen and oxygen atoms in total. The summed E-state index contributed by atoms with van der Waals surface area (Å²) in [5.41, 5.74) is 8.34. The Balaban J connectivity index is 1.81. The summed E-state index contributed by atoms with van der Waals surface area (Å²) in [4.78, 5) is 0. The third-order valence-electron chi connectivity index (χ3n) is 4.28. The van der Waals surface area contributed by atoms with E-state index in [1.165, 1.54) is 33.4 Å². The molecule has 0 fully saturated rings. The molecule has 0 atom stereocenters. The van der Waals surface area contributed by atoms with E-state index in [1.54, 1.807) is 0 Å². The van der Waals surface area contributed by atoms with Crippen molar-refractivity contribution in [3.8, 4) is 0 Å². The van der Waals surface area contributed by atoms with E-state index >= 15 is 0 Å². The van der Waals surface area contributed by atoms with Crippen molar-refractivity contribution in [3.05, 3.63) is 69.8 Å². The van der Waals surface area contributed by atoms with Crippen LogP contribution in [0.1, 0.15) is 33.4 Å². The first kappa shape index (κ1) is 15.8. The van der Waals surface area contributed by atoms with Crippen molar-refractivity contribution in [1.82, 2.24) is 0 Å². The molecule has 0 heterocycles. The lowest BCUT2D eigenvalue weighted by atomic mass is 10.0. The van der Waals surface area contributed by atoms with Crippen LogP contribution in [0.3, 0.4) is 0 Å². The molecule has 0 saturated carbocycles. The molecule has 0 amide bonds. The molecule has 0 aliphatic heterocycles. The third kappa shape index (κ3) is 4.18. The molecule has 0 aliphatic rings. The summed E-state index contributed by atoms with van der Waals surface area (Å²) in [5, 5.41) is 0. The van der Waals surface area contributed by atoms with Crippen molar-refractivity contribution in [2.24, 2.45) is 0 Å². The van der Waals surface area contributed by atoms with Gasteiger partial charge in [-0.15, -0.1) is 0 Å². The number of ether oxygens (including phenoxy) is 1. The van der Waals surface area contributed by atoms with Crippen molar-refractivity contribution in [3.63, 3.8) is 0 Å². The van der Waals surface area contributed by atoms with E-state index in [2.05, 4.69) is 64.1 Å². The Morgan fingerprint density at radius 1 is 0.619 bits per heavy atom. The number of aryl methyl sites for hydroxylation is 4. The van der Waals surface area contributed by atoms with E-state index in [-0.39, 0.29) is 0 Å². The first-order valence-electron chi connectivity index (χ1n) is 7.77. The number of rotatable bonds is 6. The molecule has 0 aromatic heterocycles. The monoisotopic (exact) mass is 282 g/mol. The third-order valence-corrected chi connectivity index (χ3v) is 4.28. The fraction of sp³-hybridized carbons (Fsp3) is 0.400. The van der Waals surface area contributed by atoms with Crippen LogP contribution in [0.25, 0.3) is 0 Å². The molecule has 0 saturated heterocycles. The minimum atomic E-state index is 0.802. The van der Waals surface area contributed by atoms with Crippen LogP contribution in [0.5, 0.6) is 0 Å². The Bertz CT molecular complexity index is 505. The van der Waals surface area contributed by atoms with E-state index in [4.69, 9.17) is 4.74 Å². The van der Waals surface area contributed by atoms with Crippen LogP contribution in [0.4, 0.5) is 0 Å². The van der Waals surface area contributed by atoms with Crippen molar-refractivity contribution < 1.29 is 4.74 Å². The molecule has 0 spiro atoms. The van der Waals surface area contributed by atoms with Crippen molar-refractivity contribution in [1.29, 1.82) is 0 Å². The molecule has 21 heavy (non-hydrogen) atoms. The molecule has 2 rings (SSSR count). The summed E-state index contributed by atoms with van der Waals surface area (Å²) in [6, 6.07) is 13.0. The van der Waals surface area contributed by atoms with Gasteiger partial charge in [-0.05, 0) is 73.9 Å². The highest BCUT2D eigenvalue weighted by Crippen LogP contribution is 2.15. The summed E-state index contributed by atoms with van der Waals surface area (Å²) in [5.74, 6) is 0. The molecule has 0 N–H and O–H groups in total. The zero-order valence-electron chi connectivity index (χ0n) is 13.7. The van der Waals surface area contributed by atoms with Gasteiger partial charge in [0.1, 0.15) is 0 Å². The Hall–Kier alpha value is -1.60. The van der Waals surface area contributed by atoms with Gasteiger partial charge in [0, 0.05) is 0 Å². The van der Waals surface area contributed by atoms with E-state index < -0.39 is 0 Å². The Kier molecular flexibility index (Phi) is 5.58. The second kappa shape index (κ2) is 7.42. The van der Waals surface area contributed by atoms with Gasteiger partial charge >= 0.3 is 0 Å². The molecule has 1 heteroatoms. The van der Waals surface area contributed by atoms with Crippen molar-refractivity contribution >= 4 is 0 Å². The van der Waals surface area contributed by atoms with E-state index in [0.29, 0.717) is 0 Å². The van der Waals surface area contributed by atoms with Crippen molar-refractivity contribution in [2.45, 2.75) is 40.5 Å². The van der Waals surface area contributed by atoms with E-state index in [9.17, 15) is 0 Å². The average Bonchev–Trinajstić information content (AvgIpc) is 2.44. The highest BCUT2D eigenvalue weighted by molar-refractivity contribution is 5.34. The second-order valence-corrected chi connectivity index (χ2v) is 5.85. The smallest absolute Gasteiger partial charge is 0.0506 e. The van der Waals surface area contributed by atoms with Crippen LogP contribution < -0.4 is 0 Å². The van der Waals surface area contributed by atoms with Crippen LogP contribution in [-0.2, 0) is 17.6 Å². The molecule has 0 radical (unpaired) electrons. The maximum Gasteiger partial charge on any atom is 0.0506 e. The molecule has 2 aromatic carbocycles. The van der Waals surface area contributed by atoms with Gasteiger partial charge in [-0.3, -0.25) is 0 Å². The van der Waals surface area contributed by atoms with Gasteiger partial charge in [-0.25, -0.2) is 0 Å². The molecule has 0 aliphatic carbocycles. The number of benzene rings is 2. The molecule has 0 unspecified atom stereocenters. The lowest BCUT2D eigenvalue weighted by Gasteiger charge is -2.12. The normalized spacial score (nSPS) is 10.9. The van der Waals surface area contributed by atoms with Crippen LogP contribution >= 0.6 is 0 Å². The fourth-order valence-electron chi connectivity index (χ4n) is 2.94. The summed E-state index contributed by atoms with van der Waals surface area (Å²) in [6.45, 7) is 10.3. The maximum absolute atomic E-state index is 5.86. The molecule has 2 aromatic rings. The fourth-order valence-corrected chi connectivity index (χ4v) is 2.94. The Labute approximate surface area is 129 Å². The summed E-state index contributed by atoms with van der Waals surface area (Å²) >= 11 is 0. The summed E-state index contributed by atoms with van der Waals surface area (Å²) in [6.07, 6.45) is 2.01. The summed E-state index contributed by atoms with van der Waals surface area (Å²) < 4.78 is 5.86. The molecule has 112 valence electrons. The van der Waals surface area contributed by atoms with Crippen LogP contribution in [-0.4, -0.2) is 13.2 Å². The average molecular weight is 282 g/mol. The van der Waals surface area contributed by atoms with E-state index in [0.717, 1.165) is 26.1 Å². The standard InChI is InChI=1S/C20H26O/c1-15-7-5-8-16(2)19(15)11-13-21-14-12-20-17(3)9-6-10-18(20)4/h5-10H,11-14H2,1-4H3. The minimum absolute atomic E-state index is 0.802. The predicted molar refractivity (Wildman–Crippen MR) is 90.1 cm³/mol. The topological polar surface area (TPSA) is 9.23 Å². The maximum atomic E-state index is 5.86. The molecule has 0 bridgehead atoms. The zero-order valence-corrected chi connectivity index (χ0v) is 13.7. The Morgan fingerprint density at radius 2 is 0.952 bits per heavy atom. The largest absolute Gasteiger partial charge is 0.381 e. The number of hydrogen-bond donors (Lipinski definition) is 0. The van der Waals surface area contributed by atoms with Gasteiger partial charge in [0.05, 0.1) is 13.2 Å².